The lowest BCUT2D eigenvalue weighted by Gasteiger charge is -2.17. The van der Waals surface area contributed by atoms with E-state index >= 15 is 0 Å². The quantitative estimate of drug-likeness (QED) is 0.746. The van der Waals surface area contributed by atoms with E-state index in [1.165, 1.54) is 0 Å². The highest BCUT2D eigenvalue weighted by Crippen LogP contribution is 2.25. The third kappa shape index (κ3) is 1.61. The molecule has 0 saturated carbocycles. The summed E-state index contributed by atoms with van der Waals surface area (Å²) in [6.07, 6.45) is 4.07. The van der Waals surface area contributed by atoms with Crippen molar-refractivity contribution in [1.82, 2.24) is 4.98 Å². The minimum atomic E-state index is 0.613. The second-order valence-corrected chi connectivity index (χ2v) is 3.68. The van der Waals surface area contributed by atoms with E-state index in [1.54, 1.807) is 0 Å². The maximum atomic E-state index is 5.64. The molecule has 72 valence electrons. The molecule has 0 bridgehead atoms. The van der Waals surface area contributed by atoms with E-state index in [-0.39, 0.29) is 0 Å². The first-order valence-electron chi connectivity index (χ1n) is 5.01. The Hall–Kier alpha value is -0.830. The van der Waals surface area contributed by atoms with Gasteiger partial charge in [-0.2, -0.15) is 0 Å². The molecule has 1 aromatic heterocycles. The minimum Gasteiger partial charge on any atom is -0.445 e. The SMILES string of the molecule is CCc1nc2c(o1)CCC(CN)C2. The number of nitrogens with zero attached hydrogens (tertiary/aromatic N) is 1. The van der Waals surface area contributed by atoms with Crippen LogP contribution in [0.3, 0.4) is 0 Å². The normalized spacial score (nSPS) is 21.5. The van der Waals surface area contributed by atoms with Gasteiger partial charge in [0.25, 0.3) is 0 Å². The maximum absolute atomic E-state index is 5.64. The first-order valence-corrected chi connectivity index (χ1v) is 5.01. The van der Waals surface area contributed by atoms with Gasteiger partial charge in [-0.05, 0) is 25.3 Å². The molecule has 1 aliphatic rings. The molecule has 0 amide bonds. The van der Waals surface area contributed by atoms with E-state index in [0.29, 0.717) is 5.92 Å². The molecule has 0 saturated heterocycles. The van der Waals surface area contributed by atoms with Crippen molar-refractivity contribution in [2.45, 2.75) is 32.6 Å². The highest BCUT2D eigenvalue weighted by Gasteiger charge is 2.22. The number of hydrogen-bond donors (Lipinski definition) is 1. The van der Waals surface area contributed by atoms with Gasteiger partial charge in [0.2, 0.25) is 0 Å². The smallest absolute Gasteiger partial charge is 0.194 e. The third-order valence-electron chi connectivity index (χ3n) is 2.72. The number of nitrogens with two attached hydrogens (primary N) is 1. The van der Waals surface area contributed by atoms with E-state index < -0.39 is 0 Å². The topological polar surface area (TPSA) is 52.0 Å². The molecule has 2 N–H and O–H groups in total. The van der Waals surface area contributed by atoms with Crippen molar-refractivity contribution in [2.75, 3.05) is 6.54 Å². The fourth-order valence-corrected chi connectivity index (χ4v) is 1.85. The second-order valence-electron chi connectivity index (χ2n) is 3.68. The summed E-state index contributed by atoms with van der Waals surface area (Å²) in [6, 6.07) is 0. The first-order chi connectivity index (χ1) is 6.33. The van der Waals surface area contributed by atoms with Gasteiger partial charge in [-0.15, -0.1) is 0 Å². The Morgan fingerprint density at radius 2 is 2.46 bits per heavy atom. The van der Waals surface area contributed by atoms with Crippen LogP contribution in [0.5, 0.6) is 0 Å². The molecule has 0 spiro atoms. The molecular formula is C10H16N2O. The van der Waals surface area contributed by atoms with Gasteiger partial charge < -0.3 is 10.2 Å². The summed E-state index contributed by atoms with van der Waals surface area (Å²) in [5.74, 6) is 2.59. The van der Waals surface area contributed by atoms with Crippen LogP contribution in [0.25, 0.3) is 0 Å². The number of aryl methyl sites for hydroxylation is 2. The van der Waals surface area contributed by atoms with Crippen LogP contribution >= 0.6 is 0 Å². The highest BCUT2D eigenvalue weighted by molar-refractivity contribution is 5.14. The molecule has 3 heteroatoms. The van der Waals surface area contributed by atoms with Gasteiger partial charge in [0.05, 0.1) is 5.69 Å². The van der Waals surface area contributed by atoms with Crippen molar-refractivity contribution in [3.8, 4) is 0 Å². The lowest BCUT2D eigenvalue weighted by atomic mass is 9.90. The molecule has 1 atom stereocenters. The van der Waals surface area contributed by atoms with Crippen LogP contribution in [0.2, 0.25) is 0 Å². The zero-order valence-electron chi connectivity index (χ0n) is 8.05. The van der Waals surface area contributed by atoms with Gasteiger partial charge in [0.15, 0.2) is 5.89 Å². The summed E-state index contributed by atoms with van der Waals surface area (Å²) in [6.45, 7) is 2.84. The van der Waals surface area contributed by atoms with Crippen molar-refractivity contribution >= 4 is 0 Å². The Bertz CT molecular complexity index is 293. The van der Waals surface area contributed by atoms with Crippen molar-refractivity contribution in [1.29, 1.82) is 0 Å². The molecule has 0 aromatic carbocycles. The number of fused-ring (bicyclic) bond motifs is 1. The van der Waals surface area contributed by atoms with Gasteiger partial charge in [-0.1, -0.05) is 6.92 Å². The van der Waals surface area contributed by atoms with Gasteiger partial charge in [-0.3, -0.25) is 0 Å². The molecule has 0 fully saturated rings. The molecule has 2 rings (SSSR count). The van der Waals surface area contributed by atoms with Crippen LogP contribution in [0.4, 0.5) is 0 Å². The van der Waals surface area contributed by atoms with E-state index in [2.05, 4.69) is 11.9 Å². The molecule has 1 aromatic rings. The number of aromatic nitrogens is 1. The van der Waals surface area contributed by atoms with Gasteiger partial charge in [0.1, 0.15) is 5.76 Å². The largest absolute Gasteiger partial charge is 0.445 e. The molecule has 0 radical (unpaired) electrons. The molecular weight excluding hydrogens is 164 g/mol. The van der Waals surface area contributed by atoms with Crippen LogP contribution < -0.4 is 5.73 Å². The van der Waals surface area contributed by atoms with Gasteiger partial charge in [-0.25, -0.2) is 4.98 Å². The summed E-state index contributed by atoms with van der Waals surface area (Å²) < 4.78 is 5.60. The monoisotopic (exact) mass is 180 g/mol. The summed E-state index contributed by atoms with van der Waals surface area (Å²) >= 11 is 0. The lowest BCUT2D eigenvalue weighted by molar-refractivity contribution is 0.398. The number of rotatable bonds is 2. The molecule has 13 heavy (non-hydrogen) atoms. The maximum Gasteiger partial charge on any atom is 0.194 e. The van der Waals surface area contributed by atoms with Crippen molar-refractivity contribution < 1.29 is 4.42 Å². The average Bonchev–Trinajstić information content (AvgIpc) is 2.58. The Morgan fingerprint density at radius 1 is 1.62 bits per heavy atom. The van der Waals surface area contributed by atoms with E-state index in [9.17, 15) is 0 Å². The summed E-state index contributed by atoms with van der Waals surface area (Å²) in [5, 5.41) is 0. The third-order valence-corrected chi connectivity index (χ3v) is 2.72. The number of oxazole rings is 1. The van der Waals surface area contributed by atoms with Crippen LogP contribution in [0.15, 0.2) is 4.42 Å². The van der Waals surface area contributed by atoms with Crippen molar-refractivity contribution in [2.24, 2.45) is 11.7 Å². The van der Waals surface area contributed by atoms with Gasteiger partial charge in [0, 0.05) is 12.8 Å². The van der Waals surface area contributed by atoms with Crippen LogP contribution in [-0.2, 0) is 19.3 Å². The van der Waals surface area contributed by atoms with E-state index in [4.69, 9.17) is 10.2 Å². The van der Waals surface area contributed by atoms with Crippen LogP contribution in [0.1, 0.15) is 30.7 Å². The zero-order valence-corrected chi connectivity index (χ0v) is 8.05. The van der Waals surface area contributed by atoms with Gasteiger partial charge >= 0.3 is 0 Å². The van der Waals surface area contributed by atoms with Crippen LogP contribution in [-0.4, -0.2) is 11.5 Å². The minimum absolute atomic E-state index is 0.613. The standard InChI is InChI=1S/C10H16N2O/c1-2-10-12-8-5-7(6-11)3-4-9(8)13-10/h7H,2-6,11H2,1H3. The Morgan fingerprint density at radius 3 is 3.15 bits per heavy atom. The van der Waals surface area contributed by atoms with Crippen molar-refractivity contribution in [3.05, 3.63) is 17.3 Å². The lowest BCUT2D eigenvalue weighted by Crippen LogP contribution is -2.21. The fourth-order valence-electron chi connectivity index (χ4n) is 1.85. The predicted octanol–water partition coefficient (Wildman–Crippen LogP) is 1.30. The molecule has 3 nitrogen and oxygen atoms in total. The summed E-state index contributed by atoms with van der Waals surface area (Å²) in [5.41, 5.74) is 6.79. The predicted molar refractivity (Wildman–Crippen MR) is 50.5 cm³/mol. The first kappa shape index (κ1) is 8.75. The molecule has 0 aliphatic heterocycles. The summed E-state index contributed by atoms with van der Waals surface area (Å²) in [4.78, 5) is 4.45. The second kappa shape index (κ2) is 3.50. The van der Waals surface area contributed by atoms with Crippen molar-refractivity contribution in [3.63, 3.8) is 0 Å². The Kier molecular flexibility index (Phi) is 2.36. The molecule has 1 unspecified atom stereocenters. The van der Waals surface area contributed by atoms with E-state index in [1.807, 2.05) is 0 Å². The fraction of sp³-hybridized carbons (Fsp3) is 0.700. The number of hydrogen-bond acceptors (Lipinski definition) is 3. The average molecular weight is 180 g/mol. The highest BCUT2D eigenvalue weighted by atomic mass is 16.4. The zero-order chi connectivity index (χ0) is 9.26. The van der Waals surface area contributed by atoms with E-state index in [0.717, 1.165) is 49.6 Å². The molecule has 1 heterocycles. The Labute approximate surface area is 78.3 Å². The molecule has 1 aliphatic carbocycles. The summed E-state index contributed by atoms with van der Waals surface area (Å²) in [7, 11) is 0. The van der Waals surface area contributed by atoms with Crippen LogP contribution in [0, 0.1) is 5.92 Å². The Balaban J connectivity index is 2.19.